The van der Waals surface area contributed by atoms with Gasteiger partial charge in [-0.25, -0.2) is 9.78 Å². The molecule has 0 saturated carbocycles. The molecule has 5 N–H and O–H groups in total. The van der Waals surface area contributed by atoms with Gasteiger partial charge in [0.15, 0.2) is 11.6 Å². The minimum Gasteiger partial charge on any atom is -0.453 e. The largest absolute Gasteiger partial charge is 0.453 e. The Morgan fingerprint density at radius 3 is 2.57 bits per heavy atom. The lowest BCUT2D eigenvalue weighted by Crippen LogP contribution is -2.41. The molecule has 2 atom stereocenters. The van der Waals surface area contributed by atoms with Crippen molar-refractivity contribution in [3.05, 3.63) is 90.5 Å². The van der Waals surface area contributed by atoms with E-state index in [-0.39, 0.29) is 28.6 Å². The van der Waals surface area contributed by atoms with E-state index < -0.39 is 23.0 Å². The first-order valence-electron chi connectivity index (χ1n) is 10.2. The highest BCUT2D eigenvalue weighted by atomic mass is 35.5. The van der Waals surface area contributed by atoms with Crippen molar-refractivity contribution in [2.45, 2.75) is 11.1 Å². The maximum absolute atomic E-state index is 14.1. The van der Waals surface area contributed by atoms with Gasteiger partial charge in [0.25, 0.3) is 0 Å². The molecule has 7 nitrogen and oxygen atoms in total. The number of para-hydroxylation sites is 1. The van der Waals surface area contributed by atoms with Crippen LogP contribution in [-0.2, 0) is 4.87 Å². The minimum atomic E-state index is -4.76. The van der Waals surface area contributed by atoms with Gasteiger partial charge in [0.1, 0.15) is 16.5 Å². The molecule has 11 heteroatoms. The summed E-state index contributed by atoms with van der Waals surface area (Å²) in [5.74, 6) is -1.98. The van der Waals surface area contributed by atoms with E-state index in [0.717, 1.165) is 17.7 Å². The summed E-state index contributed by atoms with van der Waals surface area (Å²) in [6.45, 7) is 0. The monoisotopic (exact) mass is 501 g/mol. The molecule has 0 fully saturated rings. The fourth-order valence-corrected chi connectivity index (χ4v) is 4.11. The smallest absolute Gasteiger partial charge is 0.397 e. The number of halogens is 4. The number of nitrogen functional groups attached to an aromatic ring is 1. The van der Waals surface area contributed by atoms with Gasteiger partial charge in [0, 0.05) is 41.0 Å². The third kappa shape index (κ3) is 5.07. The highest BCUT2D eigenvalue weighted by Gasteiger charge is 2.53. The van der Waals surface area contributed by atoms with Crippen molar-refractivity contribution in [1.29, 1.82) is 0 Å². The Balaban J connectivity index is 1.75. The van der Waals surface area contributed by atoms with E-state index in [4.69, 9.17) is 27.8 Å². The maximum atomic E-state index is 14.1. The van der Waals surface area contributed by atoms with E-state index in [1.807, 2.05) is 6.07 Å². The molecule has 1 aliphatic carbocycles. The number of hydrogen-bond donors (Lipinski definition) is 3. The third-order valence-corrected chi connectivity index (χ3v) is 5.89. The molecule has 2 amide bonds. The van der Waals surface area contributed by atoms with Crippen molar-refractivity contribution in [3.63, 3.8) is 0 Å². The molecular formula is C24H19ClF3N5O2. The Hall–Kier alpha value is -4.05. The minimum absolute atomic E-state index is 0.0375. The predicted octanol–water partition coefficient (Wildman–Crippen LogP) is 5.25. The van der Waals surface area contributed by atoms with Gasteiger partial charge in [-0.05, 0) is 30.4 Å². The molecule has 1 aromatic carbocycles. The number of benzene rings is 1. The predicted molar refractivity (Wildman–Crippen MR) is 125 cm³/mol. The van der Waals surface area contributed by atoms with Crippen LogP contribution in [0.5, 0.6) is 11.5 Å². The second-order valence-electron chi connectivity index (χ2n) is 7.68. The van der Waals surface area contributed by atoms with Gasteiger partial charge in [-0.3, -0.25) is 4.98 Å². The van der Waals surface area contributed by atoms with Gasteiger partial charge in [-0.15, -0.1) is 11.6 Å². The van der Waals surface area contributed by atoms with Crippen LogP contribution in [-0.4, -0.2) is 22.2 Å². The zero-order chi connectivity index (χ0) is 25.2. The number of nitrogens with two attached hydrogens (primary N) is 2. The van der Waals surface area contributed by atoms with Crippen LogP contribution >= 0.6 is 11.6 Å². The number of alkyl halides is 4. The van der Waals surface area contributed by atoms with Crippen molar-refractivity contribution >= 4 is 23.4 Å². The molecule has 0 aliphatic heterocycles. The third-order valence-electron chi connectivity index (χ3n) is 5.32. The molecule has 3 aromatic rings. The summed E-state index contributed by atoms with van der Waals surface area (Å²) in [5, 5.41) is 2.15. The summed E-state index contributed by atoms with van der Waals surface area (Å²) in [4.78, 5) is 17.3. The summed E-state index contributed by atoms with van der Waals surface area (Å²) in [5.41, 5.74) is 12.4. The van der Waals surface area contributed by atoms with E-state index in [1.54, 1.807) is 36.7 Å². The Morgan fingerprint density at radius 2 is 1.89 bits per heavy atom. The highest BCUT2D eigenvalue weighted by molar-refractivity contribution is 6.26. The van der Waals surface area contributed by atoms with E-state index >= 15 is 0 Å². The van der Waals surface area contributed by atoms with Crippen molar-refractivity contribution in [2.24, 2.45) is 11.7 Å². The Morgan fingerprint density at radius 1 is 1.11 bits per heavy atom. The molecule has 0 spiro atoms. The second kappa shape index (κ2) is 9.30. The number of primary amides is 1. The molecular weight excluding hydrogens is 483 g/mol. The number of rotatable bonds is 5. The Labute approximate surface area is 203 Å². The SMILES string of the molecule is NC(=O)NC1=CC(C(F)(F)F)C(Cl)(c2ccccc2Oc2cc(-c3cccnc3)cnc2N)C=C1. The first-order chi connectivity index (χ1) is 16.6. The number of hydrogen-bond acceptors (Lipinski definition) is 5. The number of aromatic nitrogens is 2. The van der Waals surface area contributed by atoms with Crippen LogP contribution in [0.2, 0.25) is 0 Å². The second-order valence-corrected chi connectivity index (χ2v) is 8.30. The fourth-order valence-electron chi connectivity index (χ4n) is 3.71. The normalized spacial score (nSPS) is 19.7. The van der Waals surface area contributed by atoms with Crippen LogP contribution in [0.1, 0.15) is 5.56 Å². The summed E-state index contributed by atoms with van der Waals surface area (Å²) in [6, 6.07) is 10.2. The molecule has 0 bridgehead atoms. The molecule has 2 aromatic heterocycles. The average Bonchev–Trinajstić information content (AvgIpc) is 2.82. The van der Waals surface area contributed by atoms with Crippen LogP contribution in [0, 0.1) is 5.92 Å². The molecule has 0 saturated heterocycles. The van der Waals surface area contributed by atoms with Gasteiger partial charge in [-0.1, -0.05) is 30.3 Å². The number of amides is 2. The number of anilines is 1. The van der Waals surface area contributed by atoms with Gasteiger partial charge < -0.3 is 21.5 Å². The summed E-state index contributed by atoms with van der Waals surface area (Å²) >= 11 is 6.66. The standard InChI is InChI=1S/C24H19ClF3N5O2/c25-23(8-7-16(33-22(30)34)11-20(23)24(26,27)28)17-5-1-2-6-18(17)35-19-10-15(13-32-21(19)29)14-4-3-9-31-12-14/h1-13,20H,(H2,29,32)(H3,30,33,34). The molecule has 180 valence electrons. The molecule has 1 aliphatic rings. The average molecular weight is 502 g/mol. The molecule has 2 heterocycles. The van der Waals surface area contributed by atoms with E-state index in [0.29, 0.717) is 5.56 Å². The summed E-state index contributed by atoms with van der Waals surface area (Å²) < 4.78 is 48.3. The number of allylic oxidation sites excluding steroid dienone is 3. The number of nitrogens with zero attached hydrogens (tertiary/aromatic N) is 2. The highest BCUT2D eigenvalue weighted by Crippen LogP contribution is 2.52. The first-order valence-corrected chi connectivity index (χ1v) is 10.6. The Kier molecular flexibility index (Phi) is 6.40. The zero-order valence-corrected chi connectivity index (χ0v) is 18.7. The van der Waals surface area contributed by atoms with E-state index in [2.05, 4.69) is 15.3 Å². The maximum Gasteiger partial charge on any atom is 0.397 e. The lowest BCUT2D eigenvalue weighted by molar-refractivity contribution is -0.168. The summed E-state index contributed by atoms with van der Waals surface area (Å²) in [6.07, 6.45) is 3.25. The summed E-state index contributed by atoms with van der Waals surface area (Å²) in [7, 11) is 0. The van der Waals surface area contributed by atoms with Crippen molar-refractivity contribution in [1.82, 2.24) is 15.3 Å². The number of urea groups is 1. The van der Waals surface area contributed by atoms with Crippen LogP contribution < -0.4 is 21.5 Å². The number of nitrogens with one attached hydrogen (secondary N) is 1. The Bertz CT molecular complexity index is 1310. The zero-order valence-electron chi connectivity index (χ0n) is 18.0. The fraction of sp³-hybridized carbons (Fsp3) is 0.125. The van der Waals surface area contributed by atoms with Crippen molar-refractivity contribution < 1.29 is 22.7 Å². The van der Waals surface area contributed by atoms with Crippen molar-refractivity contribution in [2.75, 3.05) is 5.73 Å². The van der Waals surface area contributed by atoms with E-state index in [1.165, 1.54) is 24.4 Å². The van der Waals surface area contributed by atoms with Crippen LogP contribution in [0.15, 0.2) is 85.0 Å². The van der Waals surface area contributed by atoms with Crippen LogP contribution in [0.3, 0.4) is 0 Å². The topological polar surface area (TPSA) is 116 Å². The van der Waals surface area contributed by atoms with Gasteiger partial charge >= 0.3 is 12.2 Å². The van der Waals surface area contributed by atoms with Gasteiger partial charge in [0.05, 0.1) is 0 Å². The van der Waals surface area contributed by atoms with Gasteiger partial charge in [0.2, 0.25) is 0 Å². The number of carbonyl (C=O) groups is 1. The van der Waals surface area contributed by atoms with Gasteiger partial charge in [-0.2, -0.15) is 13.2 Å². The quantitative estimate of drug-likeness (QED) is 0.413. The van der Waals surface area contributed by atoms with Crippen LogP contribution in [0.25, 0.3) is 11.1 Å². The lowest BCUT2D eigenvalue weighted by atomic mass is 9.80. The molecule has 35 heavy (non-hydrogen) atoms. The number of pyridine rings is 2. The number of ether oxygens (including phenoxy) is 1. The lowest BCUT2D eigenvalue weighted by Gasteiger charge is -2.36. The molecule has 4 rings (SSSR count). The van der Waals surface area contributed by atoms with E-state index in [9.17, 15) is 18.0 Å². The van der Waals surface area contributed by atoms with Crippen molar-refractivity contribution in [3.8, 4) is 22.6 Å². The first kappa shape index (κ1) is 24.1. The van der Waals surface area contributed by atoms with Crippen LogP contribution in [0.4, 0.5) is 23.8 Å². The molecule has 2 unspecified atom stereocenters. The molecule has 0 radical (unpaired) electrons. The number of carbonyl (C=O) groups excluding carboxylic acids is 1.